The van der Waals surface area contributed by atoms with E-state index in [0.717, 1.165) is 17.1 Å². The van der Waals surface area contributed by atoms with Crippen molar-refractivity contribution in [2.45, 2.75) is 13.8 Å². The van der Waals surface area contributed by atoms with Crippen molar-refractivity contribution in [2.24, 2.45) is 0 Å². The molecular formula is C12H12ClN3O2S. The van der Waals surface area contributed by atoms with Crippen LogP contribution in [0.5, 0.6) is 5.75 Å². The van der Waals surface area contributed by atoms with Gasteiger partial charge in [0.05, 0.1) is 18.5 Å². The Balaban J connectivity index is 2.31. The molecule has 0 radical (unpaired) electrons. The van der Waals surface area contributed by atoms with E-state index >= 15 is 0 Å². The lowest BCUT2D eigenvalue weighted by Crippen LogP contribution is -2.12. The first kappa shape index (κ1) is 13.8. The maximum atomic E-state index is 12.1. The van der Waals surface area contributed by atoms with E-state index < -0.39 is 0 Å². The molecule has 0 saturated carbocycles. The van der Waals surface area contributed by atoms with Gasteiger partial charge in [-0.3, -0.25) is 4.79 Å². The largest absolute Gasteiger partial charge is 0.495 e. The third-order valence-electron chi connectivity index (χ3n) is 2.59. The van der Waals surface area contributed by atoms with Crippen LogP contribution in [0.1, 0.15) is 20.9 Å². The van der Waals surface area contributed by atoms with Gasteiger partial charge in [-0.05, 0) is 37.0 Å². The van der Waals surface area contributed by atoms with Gasteiger partial charge in [-0.15, -0.1) is 5.10 Å². The number of halogens is 1. The summed E-state index contributed by atoms with van der Waals surface area (Å²) in [7, 11) is 1.52. The number of carbonyl (C=O) groups excluding carboxylic acids is 1. The summed E-state index contributed by atoms with van der Waals surface area (Å²) in [5.41, 5.74) is 2.03. The Labute approximate surface area is 119 Å². The number of carbonyl (C=O) groups is 1. The van der Waals surface area contributed by atoms with Crippen molar-refractivity contribution in [3.05, 3.63) is 33.3 Å². The summed E-state index contributed by atoms with van der Waals surface area (Å²) in [6.45, 7) is 3.60. The smallest absolute Gasteiger partial charge is 0.269 e. The lowest BCUT2D eigenvalue weighted by Gasteiger charge is -2.11. The van der Waals surface area contributed by atoms with Crippen molar-refractivity contribution in [1.29, 1.82) is 0 Å². The summed E-state index contributed by atoms with van der Waals surface area (Å²) >= 11 is 7.07. The predicted octanol–water partition coefficient (Wildman–Crippen LogP) is 3.07. The Morgan fingerprint density at radius 1 is 1.42 bits per heavy atom. The van der Waals surface area contributed by atoms with Crippen LogP contribution in [0.2, 0.25) is 5.02 Å². The number of ether oxygens (including phenoxy) is 1. The van der Waals surface area contributed by atoms with Crippen LogP contribution in [-0.2, 0) is 0 Å². The first-order chi connectivity index (χ1) is 9.02. The van der Waals surface area contributed by atoms with E-state index in [-0.39, 0.29) is 5.91 Å². The molecule has 7 heteroatoms. The van der Waals surface area contributed by atoms with Gasteiger partial charge in [-0.2, -0.15) is 0 Å². The van der Waals surface area contributed by atoms with E-state index in [1.165, 1.54) is 7.11 Å². The van der Waals surface area contributed by atoms with Gasteiger partial charge >= 0.3 is 0 Å². The predicted molar refractivity (Wildman–Crippen MR) is 75.3 cm³/mol. The van der Waals surface area contributed by atoms with Crippen molar-refractivity contribution in [3.8, 4) is 5.75 Å². The van der Waals surface area contributed by atoms with Gasteiger partial charge in [-0.25, -0.2) is 0 Å². The van der Waals surface area contributed by atoms with Crippen molar-refractivity contribution >= 4 is 34.7 Å². The molecule has 1 heterocycles. The van der Waals surface area contributed by atoms with Crippen LogP contribution in [0, 0.1) is 13.8 Å². The summed E-state index contributed by atoms with van der Waals surface area (Å²) in [6, 6.07) is 3.44. The second-order valence-electron chi connectivity index (χ2n) is 3.94. The van der Waals surface area contributed by atoms with E-state index in [2.05, 4.69) is 14.9 Å². The molecule has 1 amide bonds. The van der Waals surface area contributed by atoms with Gasteiger partial charge in [-0.1, -0.05) is 16.1 Å². The Morgan fingerprint density at radius 3 is 2.74 bits per heavy atom. The van der Waals surface area contributed by atoms with Gasteiger partial charge in [0.15, 0.2) is 0 Å². The lowest BCUT2D eigenvalue weighted by molar-refractivity contribution is 0.102. The van der Waals surface area contributed by atoms with Crippen LogP contribution in [0.3, 0.4) is 0 Å². The van der Waals surface area contributed by atoms with Gasteiger partial charge < -0.3 is 10.1 Å². The number of hydrogen-bond acceptors (Lipinski definition) is 5. The SMILES string of the molecule is COc1cc(Cl)c(C)cc1NC(=O)c1snnc1C. The molecule has 1 aromatic heterocycles. The van der Waals surface area contributed by atoms with E-state index in [0.29, 0.717) is 27.0 Å². The second-order valence-corrected chi connectivity index (χ2v) is 5.10. The third-order valence-corrected chi connectivity index (χ3v) is 3.82. The number of benzene rings is 1. The fourth-order valence-electron chi connectivity index (χ4n) is 1.55. The molecule has 2 rings (SSSR count). The van der Waals surface area contributed by atoms with E-state index in [9.17, 15) is 4.79 Å². The minimum Gasteiger partial charge on any atom is -0.495 e. The van der Waals surface area contributed by atoms with Crippen molar-refractivity contribution < 1.29 is 9.53 Å². The molecule has 5 nitrogen and oxygen atoms in total. The molecule has 0 bridgehead atoms. The van der Waals surface area contributed by atoms with E-state index in [1.807, 2.05) is 6.92 Å². The van der Waals surface area contributed by atoms with Gasteiger partial charge in [0.1, 0.15) is 10.6 Å². The molecule has 19 heavy (non-hydrogen) atoms. The average Bonchev–Trinajstić information content (AvgIpc) is 2.79. The molecule has 1 N–H and O–H groups in total. The number of aromatic nitrogens is 2. The number of nitrogens with one attached hydrogen (secondary N) is 1. The molecule has 100 valence electrons. The number of rotatable bonds is 3. The average molecular weight is 298 g/mol. The Morgan fingerprint density at radius 2 is 2.16 bits per heavy atom. The van der Waals surface area contributed by atoms with Crippen LogP contribution in [0.4, 0.5) is 5.69 Å². The zero-order chi connectivity index (χ0) is 14.0. The summed E-state index contributed by atoms with van der Waals surface area (Å²) in [4.78, 5) is 12.6. The molecule has 1 aromatic carbocycles. The highest BCUT2D eigenvalue weighted by atomic mass is 35.5. The Hall–Kier alpha value is -1.66. The monoisotopic (exact) mass is 297 g/mol. The summed E-state index contributed by atoms with van der Waals surface area (Å²) in [6.07, 6.45) is 0. The molecule has 0 aliphatic heterocycles. The van der Waals surface area contributed by atoms with Crippen molar-refractivity contribution in [1.82, 2.24) is 9.59 Å². The maximum Gasteiger partial charge on any atom is 0.269 e. The molecule has 0 saturated heterocycles. The first-order valence-corrected chi connectivity index (χ1v) is 6.62. The fraction of sp³-hybridized carbons (Fsp3) is 0.250. The first-order valence-electron chi connectivity index (χ1n) is 5.47. The molecule has 0 spiro atoms. The van der Waals surface area contributed by atoms with Crippen LogP contribution in [0.15, 0.2) is 12.1 Å². The fourth-order valence-corrected chi connectivity index (χ4v) is 2.25. The third kappa shape index (κ3) is 2.85. The highest BCUT2D eigenvalue weighted by Gasteiger charge is 2.16. The van der Waals surface area contributed by atoms with Crippen LogP contribution < -0.4 is 10.1 Å². The normalized spacial score (nSPS) is 10.3. The van der Waals surface area contributed by atoms with Crippen LogP contribution in [-0.4, -0.2) is 22.6 Å². The van der Waals surface area contributed by atoms with Crippen LogP contribution >= 0.6 is 23.1 Å². The number of amides is 1. The van der Waals surface area contributed by atoms with E-state index in [4.69, 9.17) is 16.3 Å². The molecule has 0 atom stereocenters. The summed E-state index contributed by atoms with van der Waals surface area (Å²) in [5, 5.41) is 7.18. The summed E-state index contributed by atoms with van der Waals surface area (Å²) in [5.74, 6) is 0.256. The quantitative estimate of drug-likeness (QED) is 0.945. The van der Waals surface area contributed by atoms with Crippen molar-refractivity contribution in [2.75, 3.05) is 12.4 Å². The lowest BCUT2D eigenvalue weighted by atomic mass is 10.2. The molecule has 0 aliphatic carbocycles. The zero-order valence-electron chi connectivity index (χ0n) is 10.7. The number of nitrogens with zero attached hydrogens (tertiary/aromatic N) is 2. The van der Waals surface area contributed by atoms with Crippen molar-refractivity contribution in [3.63, 3.8) is 0 Å². The molecule has 0 fully saturated rings. The number of hydrogen-bond donors (Lipinski definition) is 1. The maximum absolute atomic E-state index is 12.1. The van der Waals surface area contributed by atoms with Gasteiger partial charge in [0.25, 0.3) is 5.91 Å². The highest BCUT2D eigenvalue weighted by molar-refractivity contribution is 7.08. The number of anilines is 1. The molecular weight excluding hydrogens is 286 g/mol. The van der Waals surface area contributed by atoms with Crippen LogP contribution in [0.25, 0.3) is 0 Å². The zero-order valence-corrected chi connectivity index (χ0v) is 12.2. The molecule has 0 unspecified atom stereocenters. The molecule has 2 aromatic rings. The second kappa shape index (κ2) is 5.54. The Bertz CT molecular complexity index is 627. The Kier molecular flexibility index (Phi) is 4.01. The number of aryl methyl sites for hydroxylation is 2. The highest BCUT2D eigenvalue weighted by Crippen LogP contribution is 2.31. The summed E-state index contributed by atoms with van der Waals surface area (Å²) < 4.78 is 8.94. The van der Waals surface area contributed by atoms with E-state index in [1.54, 1.807) is 19.1 Å². The standard InChI is InChI=1S/C12H12ClN3O2S/c1-6-4-9(10(18-3)5-8(6)13)14-12(17)11-7(2)15-16-19-11/h4-5H,1-3H3,(H,14,17). The number of methoxy groups -OCH3 is 1. The minimum atomic E-state index is -0.257. The topological polar surface area (TPSA) is 64.1 Å². The molecule has 0 aliphatic rings. The van der Waals surface area contributed by atoms with Gasteiger partial charge in [0, 0.05) is 11.1 Å². The minimum absolute atomic E-state index is 0.257. The van der Waals surface area contributed by atoms with Gasteiger partial charge in [0.2, 0.25) is 0 Å².